The van der Waals surface area contributed by atoms with Crippen LogP contribution < -0.4 is 19.5 Å². The van der Waals surface area contributed by atoms with Gasteiger partial charge in [0.05, 0.1) is 13.7 Å². The van der Waals surface area contributed by atoms with E-state index in [-0.39, 0.29) is 12.4 Å². The number of nitrogens with one attached hydrogen (secondary N) is 1. The molecule has 0 spiro atoms. The SMILES string of the molecule is CCOc1ccccc1OCCN[C@H](C)Cc1ccc(OC)cc1.Cl. The van der Waals surface area contributed by atoms with Crippen LogP contribution in [0.1, 0.15) is 19.4 Å². The number of halogens is 1. The van der Waals surface area contributed by atoms with Gasteiger partial charge in [-0.1, -0.05) is 24.3 Å². The van der Waals surface area contributed by atoms with Crippen LogP contribution in [-0.2, 0) is 6.42 Å². The van der Waals surface area contributed by atoms with Crippen LogP contribution in [0, 0.1) is 0 Å². The van der Waals surface area contributed by atoms with Gasteiger partial charge in [0.25, 0.3) is 0 Å². The number of benzene rings is 2. The molecule has 1 N–H and O–H groups in total. The van der Waals surface area contributed by atoms with Crippen LogP contribution in [0.15, 0.2) is 48.5 Å². The maximum Gasteiger partial charge on any atom is 0.161 e. The van der Waals surface area contributed by atoms with E-state index in [4.69, 9.17) is 14.2 Å². The second kappa shape index (κ2) is 11.6. The lowest BCUT2D eigenvalue weighted by molar-refractivity contribution is 0.272. The van der Waals surface area contributed by atoms with Gasteiger partial charge in [-0.25, -0.2) is 0 Å². The van der Waals surface area contributed by atoms with Crippen LogP contribution in [0.2, 0.25) is 0 Å². The highest BCUT2D eigenvalue weighted by Gasteiger charge is 2.05. The molecule has 0 aliphatic rings. The van der Waals surface area contributed by atoms with Crippen LogP contribution in [0.4, 0.5) is 0 Å². The number of para-hydroxylation sites is 2. The summed E-state index contributed by atoms with van der Waals surface area (Å²) < 4.78 is 16.6. The van der Waals surface area contributed by atoms with Crippen LogP contribution in [0.3, 0.4) is 0 Å². The Kier molecular flexibility index (Phi) is 9.81. The minimum Gasteiger partial charge on any atom is -0.497 e. The summed E-state index contributed by atoms with van der Waals surface area (Å²) in [6.07, 6.45) is 0.972. The molecule has 4 nitrogen and oxygen atoms in total. The van der Waals surface area contributed by atoms with Crippen molar-refractivity contribution in [2.45, 2.75) is 26.3 Å². The van der Waals surface area contributed by atoms with E-state index >= 15 is 0 Å². The molecule has 0 aliphatic heterocycles. The van der Waals surface area contributed by atoms with E-state index in [1.165, 1.54) is 5.56 Å². The molecule has 25 heavy (non-hydrogen) atoms. The number of methoxy groups -OCH3 is 1. The maximum absolute atomic E-state index is 5.82. The third-order valence-electron chi connectivity index (χ3n) is 3.70. The van der Waals surface area contributed by atoms with Crippen molar-refractivity contribution in [2.24, 2.45) is 0 Å². The summed E-state index contributed by atoms with van der Waals surface area (Å²) in [7, 11) is 1.68. The average molecular weight is 366 g/mol. The van der Waals surface area contributed by atoms with E-state index in [0.29, 0.717) is 19.3 Å². The fraction of sp³-hybridized carbons (Fsp3) is 0.400. The fourth-order valence-electron chi connectivity index (χ4n) is 2.50. The molecule has 1 atom stereocenters. The summed E-state index contributed by atoms with van der Waals surface area (Å²) in [4.78, 5) is 0. The quantitative estimate of drug-likeness (QED) is 0.643. The Morgan fingerprint density at radius 1 is 0.960 bits per heavy atom. The third kappa shape index (κ3) is 7.24. The number of hydrogen-bond donors (Lipinski definition) is 1. The Morgan fingerprint density at radius 3 is 2.20 bits per heavy atom. The van der Waals surface area contributed by atoms with Gasteiger partial charge in [0.1, 0.15) is 12.4 Å². The topological polar surface area (TPSA) is 39.7 Å². The second-order valence-corrected chi connectivity index (χ2v) is 5.64. The minimum atomic E-state index is 0. The molecule has 5 heteroatoms. The van der Waals surface area contributed by atoms with Crippen molar-refractivity contribution in [1.29, 1.82) is 0 Å². The highest BCUT2D eigenvalue weighted by Crippen LogP contribution is 2.26. The monoisotopic (exact) mass is 365 g/mol. The lowest BCUT2D eigenvalue weighted by Crippen LogP contribution is -2.31. The lowest BCUT2D eigenvalue weighted by atomic mass is 10.1. The molecule has 138 valence electrons. The standard InChI is InChI=1S/C20H27NO3.ClH/c1-4-23-19-7-5-6-8-20(19)24-14-13-21-16(2)15-17-9-11-18(22-3)12-10-17;/h5-12,16,21H,4,13-15H2,1-3H3;1H/t16-;/m1./s1. The predicted molar refractivity (Wildman–Crippen MR) is 105 cm³/mol. The van der Waals surface area contributed by atoms with Crippen LogP contribution in [-0.4, -0.2) is 32.9 Å². The van der Waals surface area contributed by atoms with Crippen LogP contribution in [0.25, 0.3) is 0 Å². The highest BCUT2D eigenvalue weighted by atomic mass is 35.5. The summed E-state index contributed by atoms with van der Waals surface area (Å²) in [5, 5.41) is 3.48. The van der Waals surface area contributed by atoms with Gasteiger partial charge < -0.3 is 19.5 Å². The third-order valence-corrected chi connectivity index (χ3v) is 3.70. The average Bonchev–Trinajstić information content (AvgIpc) is 2.61. The summed E-state index contributed by atoms with van der Waals surface area (Å²) in [5.41, 5.74) is 1.29. The van der Waals surface area contributed by atoms with E-state index in [0.717, 1.165) is 30.2 Å². The largest absolute Gasteiger partial charge is 0.497 e. The van der Waals surface area contributed by atoms with E-state index in [1.54, 1.807) is 7.11 Å². The van der Waals surface area contributed by atoms with Crippen molar-refractivity contribution in [3.05, 3.63) is 54.1 Å². The molecular weight excluding hydrogens is 338 g/mol. The number of hydrogen-bond acceptors (Lipinski definition) is 4. The van der Waals surface area contributed by atoms with Crippen molar-refractivity contribution >= 4 is 12.4 Å². The van der Waals surface area contributed by atoms with E-state index in [2.05, 4.69) is 24.4 Å². The lowest BCUT2D eigenvalue weighted by Gasteiger charge is -2.15. The van der Waals surface area contributed by atoms with Crippen molar-refractivity contribution in [3.8, 4) is 17.2 Å². The molecule has 0 aromatic heterocycles. The number of rotatable bonds is 10. The molecule has 0 saturated heterocycles. The van der Waals surface area contributed by atoms with Gasteiger partial charge in [0.2, 0.25) is 0 Å². The first kappa shape index (κ1) is 21.1. The smallest absolute Gasteiger partial charge is 0.161 e. The van der Waals surface area contributed by atoms with Crippen LogP contribution in [0.5, 0.6) is 17.2 Å². The zero-order chi connectivity index (χ0) is 17.2. The molecule has 0 bridgehead atoms. The normalized spacial score (nSPS) is 11.3. The van der Waals surface area contributed by atoms with Gasteiger partial charge in [-0.15, -0.1) is 12.4 Å². The Balaban J connectivity index is 0.00000312. The predicted octanol–water partition coefficient (Wildman–Crippen LogP) is 4.12. The minimum absolute atomic E-state index is 0. The van der Waals surface area contributed by atoms with Gasteiger partial charge in [-0.3, -0.25) is 0 Å². The Morgan fingerprint density at radius 2 is 1.60 bits per heavy atom. The van der Waals surface area contributed by atoms with E-state index < -0.39 is 0 Å². The van der Waals surface area contributed by atoms with Gasteiger partial charge in [-0.05, 0) is 50.1 Å². The molecule has 0 amide bonds. The Hall–Kier alpha value is -1.91. The molecular formula is C20H28ClNO3. The van der Waals surface area contributed by atoms with Gasteiger partial charge in [0, 0.05) is 12.6 Å². The molecule has 0 heterocycles. The summed E-state index contributed by atoms with van der Waals surface area (Å²) in [5.74, 6) is 2.48. The molecule has 2 aromatic rings. The molecule has 0 radical (unpaired) electrons. The van der Waals surface area contributed by atoms with Crippen molar-refractivity contribution < 1.29 is 14.2 Å². The maximum atomic E-state index is 5.82. The number of ether oxygens (including phenoxy) is 3. The first-order valence-electron chi connectivity index (χ1n) is 8.44. The molecule has 0 fully saturated rings. The van der Waals surface area contributed by atoms with Crippen molar-refractivity contribution in [3.63, 3.8) is 0 Å². The highest BCUT2D eigenvalue weighted by molar-refractivity contribution is 5.85. The molecule has 0 saturated carbocycles. The first-order chi connectivity index (χ1) is 11.7. The molecule has 0 aliphatic carbocycles. The fourth-order valence-corrected chi connectivity index (χ4v) is 2.50. The van der Waals surface area contributed by atoms with Crippen molar-refractivity contribution in [2.75, 3.05) is 26.9 Å². The van der Waals surface area contributed by atoms with Crippen molar-refractivity contribution in [1.82, 2.24) is 5.32 Å². The summed E-state index contributed by atoms with van der Waals surface area (Å²) in [6.45, 7) is 6.18. The Bertz CT molecular complexity index is 604. The molecule has 0 unspecified atom stereocenters. The summed E-state index contributed by atoms with van der Waals surface area (Å²) in [6, 6.07) is 16.3. The summed E-state index contributed by atoms with van der Waals surface area (Å²) >= 11 is 0. The molecule has 2 aromatic carbocycles. The zero-order valence-electron chi connectivity index (χ0n) is 15.2. The second-order valence-electron chi connectivity index (χ2n) is 5.64. The molecule has 2 rings (SSSR count). The first-order valence-corrected chi connectivity index (χ1v) is 8.44. The van der Waals surface area contributed by atoms with Gasteiger partial charge in [0.15, 0.2) is 11.5 Å². The van der Waals surface area contributed by atoms with Crippen LogP contribution >= 0.6 is 12.4 Å². The Labute approximate surface area is 156 Å². The zero-order valence-corrected chi connectivity index (χ0v) is 16.0. The van der Waals surface area contributed by atoms with Gasteiger partial charge in [-0.2, -0.15) is 0 Å². The van der Waals surface area contributed by atoms with E-state index in [1.807, 2.05) is 43.3 Å². The van der Waals surface area contributed by atoms with E-state index in [9.17, 15) is 0 Å². The van der Waals surface area contributed by atoms with Gasteiger partial charge >= 0.3 is 0 Å².